The quantitative estimate of drug-likeness (QED) is 0.870. The van der Waals surface area contributed by atoms with Crippen LogP contribution in [-0.4, -0.2) is 59.7 Å². The summed E-state index contributed by atoms with van der Waals surface area (Å²) < 4.78 is 16.5. The van der Waals surface area contributed by atoms with Crippen LogP contribution in [0.4, 0.5) is 0 Å². The second-order valence-electron chi connectivity index (χ2n) is 6.06. The third kappa shape index (κ3) is 3.74. The zero-order chi connectivity index (χ0) is 15.5. The van der Waals surface area contributed by atoms with Crippen LogP contribution in [0.1, 0.15) is 22.3 Å². The second kappa shape index (κ2) is 6.89. The summed E-state index contributed by atoms with van der Waals surface area (Å²) in [6.45, 7) is 3.56. The molecule has 2 heterocycles. The summed E-state index contributed by atoms with van der Waals surface area (Å²) in [5, 5.41) is 3.11. The van der Waals surface area contributed by atoms with E-state index in [2.05, 4.69) is 10.2 Å². The van der Waals surface area contributed by atoms with Crippen molar-refractivity contribution in [2.24, 2.45) is 0 Å². The molecule has 1 amide bonds. The van der Waals surface area contributed by atoms with Crippen molar-refractivity contribution in [2.75, 3.05) is 32.6 Å². The molecule has 1 aromatic rings. The number of hydrogen-bond donors (Lipinski definition) is 1. The van der Waals surface area contributed by atoms with Gasteiger partial charge in [0.1, 0.15) is 0 Å². The van der Waals surface area contributed by atoms with Gasteiger partial charge < -0.3 is 10.1 Å². The molecule has 0 radical (unpaired) electrons. The van der Waals surface area contributed by atoms with Gasteiger partial charge in [-0.15, -0.1) is 0 Å². The number of rotatable bonds is 5. The van der Waals surface area contributed by atoms with Crippen LogP contribution in [0.3, 0.4) is 0 Å². The van der Waals surface area contributed by atoms with Crippen LogP contribution in [-0.2, 0) is 21.3 Å². The van der Waals surface area contributed by atoms with Gasteiger partial charge in [-0.05, 0) is 24.1 Å². The summed E-state index contributed by atoms with van der Waals surface area (Å²) in [7, 11) is -0.897. The van der Waals surface area contributed by atoms with Crippen LogP contribution < -0.4 is 5.32 Å². The maximum atomic E-state index is 12.4. The number of likely N-dealkylation sites (tertiary alicyclic amines) is 1. The summed E-state index contributed by atoms with van der Waals surface area (Å²) in [6, 6.07) is 8.14. The molecule has 1 N–H and O–H groups in total. The van der Waals surface area contributed by atoms with Gasteiger partial charge in [0.15, 0.2) is 0 Å². The highest BCUT2D eigenvalue weighted by atomic mass is 32.2. The van der Waals surface area contributed by atoms with Crippen LogP contribution in [0.25, 0.3) is 0 Å². The van der Waals surface area contributed by atoms with Gasteiger partial charge in [0.25, 0.3) is 5.91 Å². The van der Waals surface area contributed by atoms with Crippen LogP contribution in [0.5, 0.6) is 0 Å². The Kier molecular flexibility index (Phi) is 4.90. The Morgan fingerprint density at radius 3 is 2.95 bits per heavy atom. The van der Waals surface area contributed by atoms with Crippen molar-refractivity contribution in [1.82, 2.24) is 10.2 Å². The fourth-order valence-corrected chi connectivity index (χ4v) is 3.63. The van der Waals surface area contributed by atoms with E-state index >= 15 is 0 Å². The lowest BCUT2D eigenvalue weighted by Crippen LogP contribution is -2.49. The number of nitrogens with zero attached hydrogens (tertiary/aromatic N) is 1. The zero-order valence-electron chi connectivity index (χ0n) is 12.8. The van der Waals surface area contributed by atoms with Gasteiger partial charge in [-0.25, -0.2) is 0 Å². The van der Waals surface area contributed by atoms with Gasteiger partial charge in [0, 0.05) is 47.5 Å². The van der Waals surface area contributed by atoms with Gasteiger partial charge in [0.2, 0.25) is 0 Å². The highest BCUT2D eigenvalue weighted by Gasteiger charge is 2.32. The Morgan fingerprint density at radius 2 is 2.27 bits per heavy atom. The number of carbonyl (C=O) groups is 1. The summed E-state index contributed by atoms with van der Waals surface area (Å²) in [6.07, 6.45) is 2.66. The van der Waals surface area contributed by atoms with Crippen LogP contribution in [0, 0.1) is 0 Å². The maximum absolute atomic E-state index is 12.4. The molecule has 0 aromatic heterocycles. The number of nitrogens with one attached hydrogen (secondary N) is 1. The lowest BCUT2D eigenvalue weighted by Gasteiger charge is -2.34. The Morgan fingerprint density at radius 1 is 1.45 bits per heavy atom. The standard InChI is InChI=1S/C16H22N2O3S/c1-22(20)11-12-3-2-4-13(7-12)16(19)17-14-5-6-18(8-14)15-9-21-10-15/h2-4,7,14-15H,5-6,8-11H2,1H3,(H,17,19). The average molecular weight is 322 g/mol. The third-order valence-electron chi connectivity index (χ3n) is 4.25. The van der Waals surface area contributed by atoms with E-state index < -0.39 is 10.8 Å². The normalized spacial score (nSPS) is 24.0. The molecule has 3 rings (SSSR count). The number of benzene rings is 1. The summed E-state index contributed by atoms with van der Waals surface area (Å²) >= 11 is 0. The van der Waals surface area contributed by atoms with E-state index in [9.17, 15) is 9.00 Å². The number of hydrogen-bond acceptors (Lipinski definition) is 4. The monoisotopic (exact) mass is 322 g/mol. The summed E-state index contributed by atoms with van der Waals surface area (Å²) in [5.41, 5.74) is 1.58. The van der Waals surface area contributed by atoms with Crippen LogP contribution in [0.2, 0.25) is 0 Å². The highest BCUT2D eigenvalue weighted by Crippen LogP contribution is 2.18. The summed E-state index contributed by atoms with van der Waals surface area (Å²) in [4.78, 5) is 14.8. The predicted octanol–water partition coefficient (Wildman–Crippen LogP) is 0.768. The molecule has 120 valence electrons. The first-order valence-corrected chi connectivity index (χ1v) is 9.36. The molecule has 1 aromatic carbocycles. The Balaban J connectivity index is 1.56. The Labute approximate surface area is 133 Å². The molecule has 2 aliphatic heterocycles. The van der Waals surface area contributed by atoms with E-state index in [0.29, 0.717) is 17.4 Å². The van der Waals surface area contributed by atoms with E-state index in [1.54, 1.807) is 6.26 Å². The van der Waals surface area contributed by atoms with Crippen molar-refractivity contribution in [2.45, 2.75) is 24.3 Å². The van der Waals surface area contributed by atoms with Gasteiger partial charge in [-0.1, -0.05) is 12.1 Å². The minimum atomic E-state index is -0.897. The first-order chi connectivity index (χ1) is 10.6. The van der Waals surface area contributed by atoms with Gasteiger partial charge in [-0.3, -0.25) is 13.9 Å². The Hall–Kier alpha value is -1.24. The Bertz CT molecular complexity index is 574. The molecule has 6 heteroatoms. The average Bonchev–Trinajstić information content (AvgIpc) is 2.84. The van der Waals surface area contributed by atoms with E-state index in [0.717, 1.165) is 38.3 Å². The molecule has 22 heavy (non-hydrogen) atoms. The number of carbonyl (C=O) groups excluding carboxylic acids is 1. The molecule has 0 bridgehead atoms. The van der Waals surface area contributed by atoms with Gasteiger partial charge >= 0.3 is 0 Å². The largest absolute Gasteiger partial charge is 0.378 e. The lowest BCUT2D eigenvalue weighted by atomic mass is 10.1. The molecule has 2 saturated heterocycles. The first-order valence-electron chi connectivity index (χ1n) is 7.63. The van der Waals surface area contributed by atoms with Crippen molar-refractivity contribution in [3.63, 3.8) is 0 Å². The smallest absolute Gasteiger partial charge is 0.251 e. The SMILES string of the molecule is CS(=O)Cc1cccc(C(=O)NC2CCN(C3COC3)C2)c1. The molecular formula is C16H22N2O3S. The topological polar surface area (TPSA) is 58.6 Å². The molecule has 0 spiro atoms. The van der Waals surface area contributed by atoms with Crippen molar-refractivity contribution in [3.05, 3.63) is 35.4 Å². The minimum absolute atomic E-state index is 0.0413. The maximum Gasteiger partial charge on any atom is 0.251 e. The van der Waals surface area contributed by atoms with E-state index in [1.807, 2.05) is 24.3 Å². The van der Waals surface area contributed by atoms with Crippen molar-refractivity contribution < 1.29 is 13.7 Å². The van der Waals surface area contributed by atoms with E-state index in [1.165, 1.54) is 0 Å². The van der Waals surface area contributed by atoms with E-state index in [4.69, 9.17) is 4.74 Å². The molecule has 2 fully saturated rings. The molecule has 0 saturated carbocycles. The molecule has 2 atom stereocenters. The van der Waals surface area contributed by atoms with Crippen LogP contribution >= 0.6 is 0 Å². The fraction of sp³-hybridized carbons (Fsp3) is 0.562. The van der Waals surface area contributed by atoms with Crippen molar-refractivity contribution >= 4 is 16.7 Å². The fourth-order valence-electron chi connectivity index (χ4n) is 2.98. The molecule has 2 aliphatic rings. The molecule has 5 nitrogen and oxygen atoms in total. The number of ether oxygens (including phenoxy) is 1. The van der Waals surface area contributed by atoms with Gasteiger partial charge in [-0.2, -0.15) is 0 Å². The van der Waals surface area contributed by atoms with Crippen LogP contribution in [0.15, 0.2) is 24.3 Å². The first kappa shape index (κ1) is 15.6. The van der Waals surface area contributed by atoms with Gasteiger partial charge in [0.05, 0.1) is 19.3 Å². The number of amides is 1. The predicted molar refractivity (Wildman–Crippen MR) is 86.3 cm³/mol. The second-order valence-corrected chi connectivity index (χ2v) is 7.50. The van der Waals surface area contributed by atoms with Crippen molar-refractivity contribution in [3.8, 4) is 0 Å². The molecule has 2 unspecified atom stereocenters. The van der Waals surface area contributed by atoms with E-state index in [-0.39, 0.29) is 11.9 Å². The highest BCUT2D eigenvalue weighted by molar-refractivity contribution is 7.83. The molecular weight excluding hydrogens is 300 g/mol. The zero-order valence-corrected chi connectivity index (χ0v) is 13.6. The van der Waals surface area contributed by atoms with Crippen molar-refractivity contribution in [1.29, 1.82) is 0 Å². The minimum Gasteiger partial charge on any atom is -0.378 e. The third-order valence-corrected chi connectivity index (χ3v) is 4.99. The summed E-state index contributed by atoms with van der Waals surface area (Å²) in [5.74, 6) is 0.445. The lowest BCUT2D eigenvalue weighted by molar-refractivity contribution is -0.0574. The molecule has 0 aliphatic carbocycles.